The fraction of sp³-hybridized carbons (Fsp3) is 0.389. The summed E-state index contributed by atoms with van der Waals surface area (Å²) in [5, 5.41) is 6.40. The summed E-state index contributed by atoms with van der Waals surface area (Å²) in [6.07, 6.45) is 0. The Morgan fingerprint density at radius 3 is 2.56 bits per heavy atom. The number of nitrogens with zero attached hydrogens (tertiary/aromatic N) is 3. The van der Waals surface area contributed by atoms with Crippen LogP contribution >= 0.6 is 0 Å². The average Bonchev–Trinajstić information content (AvgIpc) is 3.06. The molecule has 2 amide bonds. The van der Waals surface area contributed by atoms with Gasteiger partial charge in [-0.15, -0.1) is 0 Å². The van der Waals surface area contributed by atoms with Gasteiger partial charge in [0.25, 0.3) is 5.91 Å². The van der Waals surface area contributed by atoms with Crippen molar-refractivity contribution in [3.05, 3.63) is 41.9 Å². The molecule has 144 valence electrons. The summed E-state index contributed by atoms with van der Waals surface area (Å²) >= 11 is 0. The van der Waals surface area contributed by atoms with Crippen LogP contribution in [-0.2, 0) is 9.59 Å². The van der Waals surface area contributed by atoms with Crippen molar-refractivity contribution in [1.82, 2.24) is 15.0 Å². The molecule has 0 bridgehead atoms. The second kappa shape index (κ2) is 8.63. The smallest absolute Gasteiger partial charge is 0.260 e. The molecule has 1 aliphatic heterocycles. The number of aryl methyl sites for hydroxylation is 1. The Hall–Kier alpha value is -2.94. The van der Waals surface area contributed by atoms with Gasteiger partial charge < -0.3 is 19.5 Å². The number of benzene rings is 1. The molecule has 0 saturated carbocycles. The molecule has 0 atom stereocenters. The standard InChI is InChI=1S/C18H21FN4O4/c1-13-10-16(21-27-13)20-17(24)11-22-6-8-23(9-7-22)18(25)12-26-15-4-2-14(19)3-5-15/h2-5,10H,6-9,11-12H2,1H3,(H,20,21,24). The predicted octanol–water partition coefficient (Wildman–Crippen LogP) is 1.28. The molecule has 0 unspecified atom stereocenters. The number of halogens is 1. The lowest BCUT2D eigenvalue weighted by Gasteiger charge is -2.34. The van der Waals surface area contributed by atoms with Crippen molar-refractivity contribution in [3.63, 3.8) is 0 Å². The van der Waals surface area contributed by atoms with Gasteiger partial charge in [0, 0.05) is 32.2 Å². The van der Waals surface area contributed by atoms with Gasteiger partial charge in [-0.2, -0.15) is 0 Å². The van der Waals surface area contributed by atoms with E-state index in [0.29, 0.717) is 43.5 Å². The van der Waals surface area contributed by atoms with Gasteiger partial charge in [0.1, 0.15) is 17.3 Å². The van der Waals surface area contributed by atoms with Crippen molar-refractivity contribution in [2.75, 3.05) is 44.6 Å². The maximum Gasteiger partial charge on any atom is 0.260 e. The van der Waals surface area contributed by atoms with Crippen molar-refractivity contribution in [1.29, 1.82) is 0 Å². The lowest BCUT2D eigenvalue weighted by molar-refractivity contribution is -0.135. The minimum Gasteiger partial charge on any atom is -0.484 e. The Labute approximate surface area is 155 Å². The van der Waals surface area contributed by atoms with E-state index in [0.717, 1.165) is 0 Å². The van der Waals surface area contributed by atoms with Crippen LogP contribution in [-0.4, -0.2) is 66.1 Å². The third-order valence-electron chi connectivity index (χ3n) is 4.16. The molecule has 1 aromatic heterocycles. The third-order valence-corrected chi connectivity index (χ3v) is 4.16. The monoisotopic (exact) mass is 376 g/mol. The lowest BCUT2D eigenvalue weighted by Crippen LogP contribution is -2.51. The molecule has 0 radical (unpaired) electrons. The van der Waals surface area contributed by atoms with Crippen molar-refractivity contribution in [3.8, 4) is 5.75 Å². The summed E-state index contributed by atoms with van der Waals surface area (Å²) in [6, 6.07) is 7.18. The van der Waals surface area contributed by atoms with Gasteiger partial charge in [-0.1, -0.05) is 5.16 Å². The van der Waals surface area contributed by atoms with Crippen molar-refractivity contribution < 1.29 is 23.2 Å². The minimum atomic E-state index is -0.354. The molecule has 0 aliphatic carbocycles. The number of piperazine rings is 1. The van der Waals surface area contributed by atoms with Crippen LogP contribution < -0.4 is 10.1 Å². The van der Waals surface area contributed by atoms with Crippen LogP contribution in [0.4, 0.5) is 10.2 Å². The molecule has 1 aliphatic rings. The van der Waals surface area contributed by atoms with E-state index in [-0.39, 0.29) is 30.8 Å². The second-order valence-corrected chi connectivity index (χ2v) is 6.27. The number of anilines is 1. The molecule has 1 fully saturated rings. The number of hydrogen-bond donors (Lipinski definition) is 1. The van der Waals surface area contributed by atoms with Crippen molar-refractivity contribution >= 4 is 17.6 Å². The van der Waals surface area contributed by atoms with Crippen LogP contribution in [0.2, 0.25) is 0 Å². The largest absolute Gasteiger partial charge is 0.484 e. The molecule has 2 heterocycles. The normalized spacial score (nSPS) is 14.8. The van der Waals surface area contributed by atoms with Gasteiger partial charge in [-0.3, -0.25) is 14.5 Å². The first-order valence-electron chi connectivity index (χ1n) is 8.61. The van der Waals surface area contributed by atoms with Crippen LogP contribution in [0.3, 0.4) is 0 Å². The highest BCUT2D eigenvalue weighted by atomic mass is 19.1. The van der Waals surface area contributed by atoms with Gasteiger partial charge >= 0.3 is 0 Å². The Balaban J connectivity index is 1.38. The summed E-state index contributed by atoms with van der Waals surface area (Å²) in [4.78, 5) is 27.9. The Morgan fingerprint density at radius 1 is 1.22 bits per heavy atom. The number of carbonyl (C=O) groups excluding carboxylic acids is 2. The average molecular weight is 376 g/mol. The summed E-state index contributed by atoms with van der Waals surface area (Å²) in [5.74, 6) is 0.796. The van der Waals surface area contributed by atoms with Crippen LogP contribution in [0.15, 0.2) is 34.9 Å². The van der Waals surface area contributed by atoms with Gasteiger partial charge in [0.2, 0.25) is 5.91 Å². The van der Waals surface area contributed by atoms with Crippen molar-refractivity contribution in [2.24, 2.45) is 0 Å². The Bertz CT molecular complexity index is 785. The maximum atomic E-state index is 12.9. The number of amides is 2. The predicted molar refractivity (Wildman–Crippen MR) is 94.8 cm³/mol. The summed E-state index contributed by atoms with van der Waals surface area (Å²) in [7, 11) is 0. The zero-order chi connectivity index (χ0) is 19.2. The first-order chi connectivity index (χ1) is 13.0. The topological polar surface area (TPSA) is 87.9 Å². The molecule has 1 saturated heterocycles. The van der Waals surface area contributed by atoms with E-state index in [1.165, 1.54) is 24.3 Å². The number of aromatic nitrogens is 1. The number of rotatable bonds is 6. The molecule has 8 nitrogen and oxygen atoms in total. The zero-order valence-electron chi connectivity index (χ0n) is 15.0. The van der Waals surface area contributed by atoms with E-state index < -0.39 is 0 Å². The number of ether oxygens (including phenoxy) is 1. The number of carbonyl (C=O) groups is 2. The fourth-order valence-electron chi connectivity index (χ4n) is 2.73. The van der Waals surface area contributed by atoms with Gasteiger partial charge in [0.15, 0.2) is 12.4 Å². The van der Waals surface area contributed by atoms with Crippen LogP contribution in [0, 0.1) is 12.7 Å². The van der Waals surface area contributed by atoms with E-state index in [1.54, 1.807) is 17.9 Å². The van der Waals surface area contributed by atoms with E-state index in [9.17, 15) is 14.0 Å². The highest BCUT2D eigenvalue weighted by molar-refractivity contribution is 5.91. The minimum absolute atomic E-state index is 0.0996. The Kier molecular flexibility index (Phi) is 6.02. The number of hydrogen-bond acceptors (Lipinski definition) is 6. The maximum absolute atomic E-state index is 12.9. The lowest BCUT2D eigenvalue weighted by atomic mass is 10.3. The Morgan fingerprint density at radius 2 is 1.93 bits per heavy atom. The molecule has 3 rings (SSSR count). The van der Waals surface area contributed by atoms with Gasteiger partial charge in [0.05, 0.1) is 6.54 Å². The summed E-state index contributed by atoms with van der Waals surface area (Å²) in [5.41, 5.74) is 0. The van der Waals surface area contributed by atoms with E-state index in [1.807, 2.05) is 4.90 Å². The molecular weight excluding hydrogens is 355 g/mol. The first kappa shape index (κ1) is 18.8. The summed E-state index contributed by atoms with van der Waals surface area (Å²) < 4.78 is 23.1. The molecule has 0 spiro atoms. The quantitative estimate of drug-likeness (QED) is 0.817. The molecule has 2 aromatic rings. The van der Waals surface area contributed by atoms with Crippen LogP contribution in [0.1, 0.15) is 5.76 Å². The molecule has 1 aromatic carbocycles. The zero-order valence-corrected chi connectivity index (χ0v) is 15.0. The highest BCUT2D eigenvalue weighted by Crippen LogP contribution is 2.12. The van der Waals surface area contributed by atoms with E-state index in [4.69, 9.17) is 9.26 Å². The summed E-state index contributed by atoms with van der Waals surface area (Å²) in [6.45, 7) is 4.08. The third kappa shape index (κ3) is 5.52. The molecular formula is C18H21FN4O4. The van der Waals surface area contributed by atoms with Gasteiger partial charge in [-0.05, 0) is 31.2 Å². The van der Waals surface area contributed by atoms with E-state index >= 15 is 0 Å². The SMILES string of the molecule is Cc1cc(NC(=O)CN2CCN(C(=O)COc3ccc(F)cc3)CC2)no1. The molecule has 27 heavy (non-hydrogen) atoms. The van der Waals surface area contributed by atoms with Crippen LogP contribution in [0.5, 0.6) is 5.75 Å². The molecule has 1 N–H and O–H groups in total. The fourth-order valence-corrected chi connectivity index (χ4v) is 2.73. The second-order valence-electron chi connectivity index (χ2n) is 6.27. The van der Waals surface area contributed by atoms with Crippen molar-refractivity contribution in [2.45, 2.75) is 6.92 Å². The van der Waals surface area contributed by atoms with E-state index in [2.05, 4.69) is 10.5 Å². The molecule has 9 heteroatoms. The highest BCUT2D eigenvalue weighted by Gasteiger charge is 2.23. The first-order valence-corrected chi connectivity index (χ1v) is 8.61. The number of nitrogens with one attached hydrogen (secondary N) is 1. The van der Waals surface area contributed by atoms with Crippen LogP contribution in [0.25, 0.3) is 0 Å². The van der Waals surface area contributed by atoms with Gasteiger partial charge in [-0.25, -0.2) is 4.39 Å².